The number of nitriles is 2. The fraction of sp³-hybridized carbons (Fsp3) is 0.0645. The van der Waals surface area contributed by atoms with Gasteiger partial charge in [-0.15, -0.1) is 0 Å². The summed E-state index contributed by atoms with van der Waals surface area (Å²) in [6.07, 6.45) is 8.40. The normalized spacial score (nSPS) is 14.7. The Morgan fingerprint density at radius 1 is 0.778 bits per heavy atom. The van der Waals surface area contributed by atoms with E-state index in [-0.39, 0.29) is 5.92 Å². The van der Waals surface area contributed by atoms with Gasteiger partial charge < -0.3 is 9.13 Å². The predicted octanol–water partition coefficient (Wildman–Crippen LogP) is 6.70. The molecular formula is C31H19N5. The fourth-order valence-electron chi connectivity index (χ4n) is 5.59. The summed E-state index contributed by atoms with van der Waals surface area (Å²) in [5.74, 6) is -0.136. The molecule has 3 aromatic heterocycles. The minimum atomic E-state index is -0.136. The van der Waals surface area contributed by atoms with E-state index >= 15 is 0 Å². The molecule has 0 radical (unpaired) electrons. The van der Waals surface area contributed by atoms with Gasteiger partial charge in [-0.3, -0.25) is 4.98 Å². The van der Waals surface area contributed by atoms with Gasteiger partial charge in [-0.2, -0.15) is 10.5 Å². The molecule has 5 nitrogen and oxygen atoms in total. The first-order chi connectivity index (χ1) is 17.8. The van der Waals surface area contributed by atoms with Crippen molar-refractivity contribution >= 4 is 38.8 Å². The van der Waals surface area contributed by atoms with Gasteiger partial charge in [0.2, 0.25) is 0 Å². The Labute approximate surface area is 207 Å². The van der Waals surface area contributed by atoms with Crippen molar-refractivity contribution in [3.8, 4) is 23.5 Å². The standard InChI is InChI=1S/C31H19N5/c32-17-20-9-10-30-27(15-20)25-6-2-4-8-29(25)35(30)22-13-21(18-33)14-23(16-22)36-28-7-3-1-5-24(28)26-11-12-34-19-31(26)36/h1-14,16,19-20H,15H2. The van der Waals surface area contributed by atoms with Gasteiger partial charge in [0, 0.05) is 39.4 Å². The lowest BCUT2D eigenvalue weighted by Gasteiger charge is -2.16. The van der Waals surface area contributed by atoms with Crippen molar-refractivity contribution < 1.29 is 0 Å². The molecule has 0 amide bonds. The van der Waals surface area contributed by atoms with Crippen LogP contribution in [0.15, 0.2) is 91.3 Å². The van der Waals surface area contributed by atoms with Crippen molar-refractivity contribution in [1.29, 1.82) is 10.5 Å². The Morgan fingerprint density at radius 3 is 2.25 bits per heavy atom. The molecule has 6 aromatic rings. The second-order valence-corrected chi connectivity index (χ2v) is 9.11. The molecule has 0 saturated heterocycles. The summed E-state index contributed by atoms with van der Waals surface area (Å²) in [7, 11) is 0. The van der Waals surface area contributed by atoms with Crippen LogP contribution in [0.25, 0.3) is 50.2 Å². The second kappa shape index (κ2) is 7.70. The fourth-order valence-corrected chi connectivity index (χ4v) is 5.59. The summed E-state index contributed by atoms with van der Waals surface area (Å²) in [5.41, 5.74) is 7.76. The maximum absolute atomic E-state index is 10.00. The summed E-state index contributed by atoms with van der Waals surface area (Å²) in [6, 6.07) is 29.4. The quantitative estimate of drug-likeness (QED) is 0.288. The Bertz CT molecular complexity index is 1900. The van der Waals surface area contributed by atoms with Crippen LogP contribution in [-0.2, 0) is 6.42 Å². The van der Waals surface area contributed by atoms with E-state index in [0.29, 0.717) is 12.0 Å². The summed E-state index contributed by atoms with van der Waals surface area (Å²) in [4.78, 5) is 4.40. The summed E-state index contributed by atoms with van der Waals surface area (Å²) >= 11 is 0. The summed E-state index contributed by atoms with van der Waals surface area (Å²) in [6.45, 7) is 0. The molecule has 1 aliphatic carbocycles. The molecule has 3 heterocycles. The van der Waals surface area contributed by atoms with Crippen LogP contribution in [0, 0.1) is 28.6 Å². The number of fused-ring (bicyclic) bond motifs is 6. The van der Waals surface area contributed by atoms with E-state index in [1.807, 2.05) is 60.9 Å². The Hall–Kier alpha value is -5.13. The predicted molar refractivity (Wildman–Crippen MR) is 142 cm³/mol. The lowest BCUT2D eigenvalue weighted by atomic mass is 9.93. The SMILES string of the molecule is N#Cc1cc(-n2c3c(c4ccccc42)CC(C#N)C=C3)cc(-n2c3ccccc3c3ccncc32)c1. The van der Waals surface area contributed by atoms with Crippen LogP contribution in [0.5, 0.6) is 0 Å². The Morgan fingerprint density at radius 2 is 1.47 bits per heavy atom. The number of rotatable bonds is 2. The highest BCUT2D eigenvalue weighted by atomic mass is 15.0. The summed E-state index contributed by atoms with van der Waals surface area (Å²) in [5, 5.41) is 23.0. The number of benzene rings is 3. The monoisotopic (exact) mass is 461 g/mol. The molecule has 36 heavy (non-hydrogen) atoms. The summed E-state index contributed by atoms with van der Waals surface area (Å²) < 4.78 is 4.40. The zero-order chi connectivity index (χ0) is 24.2. The first-order valence-electron chi connectivity index (χ1n) is 11.9. The largest absolute Gasteiger partial charge is 0.309 e. The number of aromatic nitrogens is 3. The number of para-hydroxylation sites is 2. The van der Waals surface area contributed by atoms with E-state index in [9.17, 15) is 10.5 Å². The molecule has 7 rings (SSSR count). The van der Waals surface area contributed by atoms with Crippen LogP contribution < -0.4 is 0 Å². The number of hydrogen-bond donors (Lipinski definition) is 0. The van der Waals surface area contributed by atoms with E-state index in [1.165, 1.54) is 5.56 Å². The van der Waals surface area contributed by atoms with Crippen LogP contribution in [0.3, 0.4) is 0 Å². The minimum absolute atomic E-state index is 0.136. The first kappa shape index (κ1) is 20.3. The number of allylic oxidation sites excluding steroid dienone is 1. The van der Waals surface area contributed by atoms with Crippen LogP contribution >= 0.6 is 0 Å². The Kier molecular flexibility index (Phi) is 4.33. The van der Waals surface area contributed by atoms with Gasteiger partial charge in [-0.1, -0.05) is 42.5 Å². The van der Waals surface area contributed by atoms with Gasteiger partial charge in [-0.05, 0) is 54.5 Å². The molecule has 0 fully saturated rings. The second-order valence-electron chi connectivity index (χ2n) is 9.11. The molecule has 0 aliphatic heterocycles. The smallest absolute Gasteiger partial charge is 0.0993 e. The van der Waals surface area contributed by atoms with Crippen molar-refractivity contribution in [3.05, 3.63) is 108 Å². The molecule has 0 saturated carbocycles. The topological polar surface area (TPSA) is 70.3 Å². The molecule has 1 unspecified atom stereocenters. The zero-order valence-corrected chi connectivity index (χ0v) is 19.3. The zero-order valence-electron chi connectivity index (χ0n) is 19.3. The highest BCUT2D eigenvalue weighted by molar-refractivity contribution is 6.09. The third kappa shape index (κ3) is 2.84. The van der Waals surface area contributed by atoms with Crippen LogP contribution in [0.1, 0.15) is 16.8 Å². The minimum Gasteiger partial charge on any atom is -0.309 e. The molecule has 3 aromatic carbocycles. The number of nitrogens with zero attached hydrogens (tertiary/aromatic N) is 5. The molecule has 0 N–H and O–H groups in total. The van der Waals surface area contributed by atoms with Crippen LogP contribution in [0.4, 0.5) is 0 Å². The molecule has 1 atom stereocenters. The maximum Gasteiger partial charge on any atom is 0.0993 e. The molecule has 0 bridgehead atoms. The highest BCUT2D eigenvalue weighted by Crippen LogP contribution is 2.37. The van der Waals surface area contributed by atoms with Crippen LogP contribution in [-0.4, -0.2) is 14.1 Å². The molecule has 0 spiro atoms. The van der Waals surface area contributed by atoms with Crippen LogP contribution in [0.2, 0.25) is 0 Å². The lowest BCUT2D eigenvalue weighted by Crippen LogP contribution is -2.07. The highest BCUT2D eigenvalue weighted by Gasteiger charge is 2.23. The van der Waals surface area contributed by atoms with Crippen molar-refractivity contribution in [2.75, 3.05) is 0 Å². The molecule has 5 heteroatoms. The van der Waals surface area contributed by atoms with Crippen molar-refractivity contribution in [3.63, 3.8) is 0 Å². The third-order valence-corrected chi connectivity index (χ3v) is 7.12. The van der Waals surface area contributed by atoms with Crippen molar-refractivity contribution in [2.45, 2.75) is 6.42 Å². The van der Waals surface area contributed by atoms with E-state index in [4.69, 9.17) is 0 Å². The first-order valence-corrected chi connectivity index (χ1v) is 11.9. The van der Waals surface area contributed by atoms with Gasteiger partial charge in [0.05, 0.1) is 46.4 Å². The third-order valence-electron chi connectivity index (χ3n) is 7.12. The van der Waals surface area contributed by atoms with E-state index in [2.05, 4.69) is 62.7 Å². The Balaban J connectivity index is 1.55. The maximum atomic E-state index is 10.00. The van der Waals surface area contributed by atoms with Gasteiger partial charge in [0.25, 0.3) is 0 Å². The molecular weight excluding hydrogens is 442 g/mol. The molecule has 168 valence electrons. The van der Waals surface area contributed by atoms with E-state index in [0.717, 1.165) is 49.8 Å². The van der Waals surface area contributed by atoms with Gasteiger partial charge in [0.1, 0.15) is 0 Å². The average Bonchev–Trinajstić information content (AvgIpc) is 3.45. The lowest BCUT2D eigenvalue weighted by molar-refractivity contribution is 0.809. The molecule has 1 aliphatic rings. The van der Waals surface area contributed by atoms with Gasteiger partial charge in [0.15, 0.2) is 0 Å². The van der Waals surface area contributed by atoms with Crippen molar-refractivity contribution in [1.82, 2.24) is 14.1 Å². The van der Waals surface area contributed by atoms with E-state index in [1.54, 1.807) is 0 Å². The number of pyridine rings is 1. The van der Waals surface area contributed by atoms with E-state index < -0.39 is 0 Å². The van der Waals surface area contributed by atoms with Gasteiger partial charge >= 0.3 is 0 Å². The number of hydrogen-bond acceptors (Lipinski definition) is 3. The average molecular weight is 462 g/mol. The van der Waals surface area contributed by atoms with Gasteiger partial charge in [-0.25, -0.2) is 0 Å². The van der Waals surface area contributed by atoms with Crippen molar-refractivity contribution in [2.24, 2.45) is 5.92 Å².